The molecule has 2 aromatic rings. The third-order valence-corrected chi connectivity index (χ3v) is 6.65. The standard InChI is InChI=1S/C26H31ClN6O3/c1-29-16-20(14-28)31-25(35)22(11-17-5-2-3-6-17)32-24(34)18-7-4-8-21(12-18)33-9-10-36-26-23(33)13-19(27)15-30-26/h4,7-8,12-17,22H,2-3,5-6,9-11,28H2,1H3,(H,31,35)(H,32,34)/b20-14+,29-16?. The largest absolute Gasteiger partial charge is 0.474 e. The lowest BCUT2D eigenvalue weighted by Gasteiger charge is -2.30. The first-order valence-corrected chi connectivity index (χ1v) is 12.5. The maximum Gasteiger partial charge on any atom is 0.252 e. The number of nitrogens with zero attached hydrogens (tertiary/aromatic N) is 3. The summed E-state index contributed by atoms with van der Waals surface area (Å²) in [4.78, 5) is 36.6. The molecular formula is C26H31ClN6O3. The van der Waals surface area contributed by atoms with Crippen LogP contribution >= 0.6 is 11.6 Å². The number of nitrogens with one attached hydrogen (secondary N) is 2. The van der Waals surface area contributed by atoms with E-state index in [0.29, 0.717) is 47.7 Å². The Morgan fingerprint density at radius 2 is 2.14 bits per heavy atom. The molecule has 36 heavy (non-hydrogen) atoms. The molecule has 1 aromatic carbocycles. The van der Waals surface area contributed by atoms with Crippen molar-refractivity contribution in [1.29, 1.82) is 0 Å². The Morgan fingerprint density at radius 3 is 2.89 bits per heavy atom. The molecule has 0 bridgehead atoms. The van der Waals surface area contributed by atoms with E-state index in [0.717, 1.165) is 37.1 Å². The summed E-state index contributed by atoms with van der Waals surface area (Å²) in [5.74, 6) is 0.244. The van der Waals surface area contributed by atoms with Crippen LogP contribution in [0.15, 0.2) is 53.4 Å². The lowest BCUT2D eigenvalue weighted by molar-refractivity contribution is -0.122. The van der Waals surface area contributed by atoms with Crippen molar-refractivity contribution in [2.75, 3.05) is 25.1 Å². The maximum absolute atomic E-state index is 13.3. The normalized spacial score (nSPS) is 16.9. The van der Waals surface area contributed by atoms with Crippen LogP contribution in [0.3, 0.4) is 0 Å². The first-order valence-electron chi connectivity index (χ1n) is 12.1. The molecule has 1 aliphatic heterocycles. The molecule has 0 spiro atoms. The van der Waals surface area contributed by atoms with Crippen molar-refractivity contribution in [3.05, 3.63) is 59.0 Å². The van der Waals surface area contributed by atoms with Crippen molar-refractivity contribution in [3.63, 3.8) is 0 Å². The molecule has 2 aliphatic rings. The number of fused-ring (bicyclic) bond motifs is 1. The summed E-state index contributed by atoms with van der Waals surface area (Å²) in [6.07, 6.45) is 9.26. The van der Waals surface area contributed by atoms with Crippen molar-refractivity contribution in [2.45, 2.75) is 38.1 Å². The molecular weight excluding hydrogens is 480 g/mol. The van der Waals surface area contributed by atoms with E-state index in [1.165, 1.54) is 12.4 Å². The van der Waals surface area contributed by atoms with E-state index >= 15 is 0 Å². The molecule has 0 saturated heterocycles. The van der Waals surface area contributed by atoms with Crippen molar-refractivity contribution in [1.82, 2.24) is 15.6 Å². The Morgan fingerprint density at radius 1 is 1.33 bits per heavy atom. The molecule has 10 heteroatoms. The van der Waals surface area contributed by atoms with Gasteiger partial charge in [0.15, 0.2) is 0 Å². The smallest absolute Gasteiger partial charge is 0.252 e. The molecule has 1 atom stereocenters. The molecule has 1 aromatic heterocycles. The van der Waals surface area contributed by atoms with Crippen molar-refractivity contribution < 1.29 is 14.3 Å². The van der Waals surface area contributed by atoms with Gasteiger partial charge in [0.05, 0.1) is 17.3 Å². The lowest BCUT2D eigenvalue weighted by atomic mass is 9.97. The van der Waals surface area contributed by atoms with Gasteiger partial charge in [0.2, 0.25) is 11.8 Å². The van der Waals surface area contributed by atoms with Gasteiger partial charge in [0.25, 0.3) is 5.91 Å². The van der Waals surface area contributed by atoms with E-state index in [4.69, 9.17) is 22.1 Å². The van der Waals surface area contributed by atoms with Gasteiger partial charge in [-0.2, -0.15) is 0 Å². The number of aliphatic imine (C=N–C) groups is 1. The van der Waals surface area contributed by atoms with Gasteiger partial charge in [-0.25, -0.2) is 4.98 Å². The van der Waals surface area contributed by atoms with Crippen LogP contribution in [0.4, 0.5) is 11.4 Å². The van der Waals surface area contributed by atoms with E-state index in [9.17, 15) is 9.59 Å². The minimum absolute atomic E-state index is 0.314. The Hall–Kier alpha value is -3.59. The van der Waals surface area contributed by atoms with Gasteiger partial charge in [0.1, 0.15) is 18.3 Å². The molecule has 190 valence electrons. The number of nitrogens with two attached hydrogens (primary N) is 1. The van der Waals surface area contributed by atoms with E-state index in [1.807, 2.05) is 17.0 Å². The van der Waals surface area contributed by atoms with Gasteiger partial charge in [-0.3, -0.25) is 14.6 Å². The average molecular weight is 511 g/mol. The zero-order valence-corrected chi connectivity index (χ0v) is 21.0. The number of hydrogen-bond acceptors (Lipinski definition) is 7. The number of anilines is 2. The van der Waals surface area contributed by atoms with Gasteiger partial charge in [-0.1, -0.05) is 43.4 Å². The van der Waals surface area contributed by atoms with Crippen LogP contribution in [0.5, 0.6) is 5.88 Å². The highest BCUT2D eigenvalue weighted by atomic mass is 35.5. The first kappa shape index (κ1) is 25.5. The number of ether oxygens (including phenoxy) is 1. The summed E-state index contributed by atoms with van der Waals surface area (Å²) in [6.45, 7) is 1.04. The average Bonchev–Trinajstić information content (AvgIpc) is 3.40. The van der Waals surface area contributed by atoms with E-state index < -0.39 is 6.04 Å². The Balaban J connectivity index is 1.53. The Kier molecular flexibility index (Phi) is 8.43. The number of benzene rings is 1. The van der Waals surface area contributed by atoms with Crippen molar-refractivity contribution >= 4 is 41.0 Å². The topological polar surface area (TPSA) is 122 Å². The number of rotatable bonds is 8. The summed E-state index contributed by atoms with van der Waals surface area (Å²) < 4.78 is 5.65. The first-order chi connectivity index (χ1) is 17.5. The molecule has 4 rings (SSSR count). The summed E-state index contributed by atoms with van der Waals surface area (Å²) in [6, 6.07) is 8.35. The molecule has 4 N–H and O–H groups in total. The molecule has 2 heterocycles. The third kappa shape index (κ3) is 6.15. The molecule has 1 unspecified atom stereocenters. The van der Waals surface area contributed by atoms with Gasteiger partial charge in [0, 0.05) is 36.9 Å². The minimum atomic E-state index is -0.698. The molecule has 2 amide bonds. The van der Waals surface area contributed by atoms with Crippen LogP contribution in [0, 0.1) is 5.92 Å². The zero-order valence-electron chi connectivity index (χ0n) is 20.2. The highest BCUT2D eigenvalue weighted by Gasteiger charge is 2.28. The van der Waals surface area contributed by atoms with Crippen LogP contribution in [0.2, 0.25) is 5.02 Å². The van der Waals surface area contributed by atoms with Gasteiger partial charge >= 0.3 is 0 Å². The molecule has 1 fully saturated rings. The fourth-order valence-corrected chi connectivity index (χ4v) is 4.85. The van der Waals surface area contributed by atoms with Crippen LogP contribution in [0.25, 0.3) is 0 Å². The quantitative estimate of drug-likeness (QED) is 0.467. The zero-order chi connectivity index (χ0) is 25.5. The monoisotopic (exact) mass is 510 g/mol. The van der Waals surface area contributed by atoms with Crippen LogP contribution in [0.1, 0.15) is 42.5 Å². The third-order valence-electron chi connectivity index (χ3n) is 6.44. The molecule has 1 aliphatic carbocycles. The summed E-state index contributed by atoms with van der Waals surface area (Å²) >= 11 is 6.17. The highest BCUT2D eigenvalue weighted by molar-refractivity contribution is 6.30. The number of amides is 2. The Labute approximate surface area is 215 Å². The lowest BCUT2D eigenvalue weighted by Crippen LogP contribution is -2.47. The predicted octanol–water partition coefficient (Wildman–Crippen LogP) is 3.56. The second kappa shape index (κ2) is 11.9. The van der Waals surface area contributed by atoms with E-state index in [-0.39, 0.29) is 11.8 Å². The SMILES string of the molecule is CN=C/C(=C\N)NC(=O)C(CC1CCCC1)NC(=O)c1cccc(N2CCOc3ncc(Cl)cc32)c1. The van der Waals surface area contributed by atoms with Crippen molar-refractivity contribution in [2.24, 2.45) is 16.6 Å². The number of allylic oxidation sites excluding steroid dienone is 1. The maximum atomic E-state index is 13.3. The van der Waals surface area contributed by atoms with Crippen LogP contribution in [-0.2, 0) is 4.79 Å². The number of carbonyl (C=O) groups is 2. The fourth-order valence-electron chi connectivity index (χ4n) is 4.70. The van der Waals surface area contributed by atoms with Gasteiger partial charge in [-0.05, 0) is 36.6 Å². The van der Waals surface area contributed by atoms with Crippen LogP contribution in [-0.4, -0.2) is 49.3 Å². The highest BCUT2D eigenvalue weighted by Crippen LogP contribution is 2.37. The van der Waals surface area contributed by atoms with Crippen molar-refractivity contribution in [3.8, 4) is 5.88 Å². The second-order valence-corrected chi connectivity index (χ2v) is 9.38. The fraction of sp³-hybridized carbons (Fsp3) is 0.385. The number of carbonyl (C=O) groups excluding carboxylic acids is 2. The Bertz CT molecular complexity index is 1160. The van der Waals surface area contributed by atoms with E-state index in [1.54, 1.807) is 31.4 Å². The predicted molar refractivity (Wildman–Crippen MR) is 141 cm³/mol. The number of pyridine rings is 1. The summed E-state index contributed by atoms with van der Waals surface area (Å²) in [5, 5.41) is 6.22. The molecule has 1 saturated carbocycles. The van der Waals surface area contributed by atoms with Gasteiger partial charge in [-0.15, -0.1) is 0 Å². The number of halogens is 1. The summed E-state index contributed by atoms with van der Waals surface area (Å²) in [5.41, 5.74) is 7.99. The molecule has 0 radical (unpaired) electrons. The van der Waals surface area contributed by atoms with E-state index in [2.05, 4.69) is 20.6 Å². The number of aromatic nitrogens is 1. The number of hydrogen-bond donors (Lipinski definition) is 3. The van der Waals surface area contributed by atoms with Crippen LogP contribution < -0.4 is 26.0 Å². The van der Waals surface area contributed by atoms with Gasteiger partial charge < -0.3 is 26.0 Å². The molecule has 9 nitrogen and oxygen atoms in total. The second-order valence-electron chi connectivity index (χ2n) is 8.94. The minimum Gasteiger partial charge on any atom is -0.474 e. The summed E-state index contributed by atoms with van der Waals surface area (Å²) in [7, 11) is 1.59.